The zero-order valence-electron chi connectivity index (χ0n) is 10.2. The molecule has 0 heterocycles. The molecule has 0 N–H and O–H groups in total. The fourth-order valence-electron chi connectivity index (χ4n) is 1.58. The Kier molecular flexibility index (Phi) is 4.18. The Morgan fingerprint density at radius 3 is 2.41 bits per heavy atom. The van der Waals surface area contributed by atoms with Gasteiger partial charge in [-0.05, 0) is 41.9 Å². The summed E-state index contributed by atoms with van der Waals surface area (Å²) in [5, 5.41) is 0. The largest absolute Gasteiger partial charge is 0.490 e. The van der Waals surface area contributed by atoms with Crippen molar-refractivity contribution in [3.05, 3.63) is 29.6 Å². The lowest BCUT2D eigenvalue weighted by molar-refractivity contribution is 0.285. The van der Waals surface area contributed by atoms with E-state index >= 15 is 0 Å². The highest BCUT2D eigenvalue weighted by molar-refractivity contribution is 5.32. The summed E-state index contributed by atoms with van der Waals surface area (Å²) < 4.78 is 19.2. The van der Waals surface area contributed by atoms with Crippen LogP contribution in [0.5, 0.6) is 5.75 Å². The number of ether oxygens (including phenoxy) is 1. The Bertz CT molecular complexity index is 375. The van der Waals surface area contributed by atoms with Crippen molar-refractivity contribution in [2.24, 2.45) is 5.92 Å². The van der Waals surface area contributed by atoms with Crippen LogP contribution < -0.4 is 4.74 Å². The van der Waals surface area contributed by atoms with Crippen molar-refractivity contribution in [2.45, 2.75) is 46.5 Å². The van der Waals surface area contributed by atoms with E-state index in [1.54, 1.807) is 12.1 Å². The van der Waals surface area contributed by atoms with Gasteiger partial charge in [-0.1, -0.05) is 34.3 Å². The minimum Gasteiger partial charge on any atom is -0.490 e. The predicted octanol–water partition coefficient (Wildman–Crippen LogP) is 4.55. The minimum atomic E-state index is -0.243. The van der Waals surface area contributed by atoms with Crippen molar-refractivity contribution in [1.29, 1.82) is 0 Å². The van der Waals surface area contributed by atoms with E-state index in [1.165, 1.54) is 12.8 Å². The third-order valence-corrected chi connectivity index (χ3v) is 2.97. The van der Waals surface area contributed by atoms with Gasteiger partial charge in [0.1, 0.15) is 0 Å². The molecule has 1 nitrogen and oxygen atoms in total. The van der Waals surface area contributed by atoms with Crippen LogP contribution in [0.25, 0.3) is 0 Å². The third kappa shape index (κ3) is 3.72. The second kappa shape index (κ2) is 5.07. The minimum absolute atomic E-state index is 0. The van der Waals surface area contributed by atoms with Gasteiger partial charge < -0.3 is 4.74 Å². The Morgan fingerprint density at radius 1 is 1.29 bits per heavy atom. The first-order chi connectivity index (χ1) is 7.47. The average Bonchev–Trinajstić information content (AvgIpc) is 2.98. The molecule has 0 spiro atoms. The molecule has 1 fully saturated rings. The summed E-state index contributed by atoms with van der Waals surface area (Å²) in [5.41, 5.74) is 0.985. The lowest BCUT2D eigenvalue weighted by atomic mass is 9.87. The van der Waals surface area contributed by atoms with Crippen LogP contribution in [0.4, 0.5) is 4.39 Å². The van der Waals surface area contributed by atoms with E-state index < -0.39 is 0 Å². The number of hydrogen-bond donors (Lipinski definition) is 0. The van der Waals surface area contributed by atoms with E-state index in [1.807, 2.05) is 6.07 Å². The molecule has 0 aliphatic heterocycles. The van der Waals surface area contributed by atoms with Gasteiger partial charge in [-0.2, -0.15) is 0 Å². The lowest BCUT2D eigenvalue weighted by Crippen LogP contribution is -2.11. The fourth-order valence-corrected chi connectivity index (χ4v) is 1.58. The van der Waals surface area contributed by atoms with Gasteiger partial charge in [-0.15, -0.1) is 0 Å². The summed E-state index contributed by atoms with van der Waals surface area (Å²) in [6.45, 7) is 6.89. The molecule has 1 aromatic carbocycles. The molecule has 1 aliphatic rings. The molecule has 1 aliphatic carbocycles. The van der Waals surface area contributed by atoms with Gasteiger partial charge in [0.05, 0.1) is 6.61 Å². The molecule has 1 saturated carbocycles. The van der Waals surface area contributed by atoms with Crippen LogP contribution in [0, 0.1) is 11.7 Å². The summed E-state index contributed by atoms with van der Waals surface area (Å²) in [4.78, 5) is 0. The maximum atomic E-state index is 13.7. The van der Waals surface area contributed by atoms with Crippen LogP contribution in [0.2, 0.25) is 0 Å². The van der Waals surface area contributed by atoms with Gasteiger partial charge in [0.25, 0.3) is 0 Å². The molecule has 0 unspecified atom stereocenters. The highest BCUT2D eigenvalue weighted by Gasteiger charge is 2.23. The molecule has 96 valence electrons. The molecule has 0 aromatic heterocycles. The molecule has 0 bridgehead atoms. The molecule has 2 rings (SSSR count). The molecule has 2 heteroatoms. The van der Waals surface area contributed by atoms with Gasteiger partial charge in [0, 0.05) is 0 Å². The topological polar surface area (TPSA) is 9.23 Å². The van der Waals surface area contributed by atoms with Gasteiger partial charge in [-0.25, -0.2) is 4.39 Å². The first-order valence-electron chi connectivity index (χ1n) is 5.89. The van der Waals surface area contributed by atoms with Gasteiger partial charge in [0.15, 0.2) is 11.6 Å². The summed E-state index contributed by atoms with van der Waals surface area (Å²) in [5.74, 6) is 0.801. The average molecular weight is 238 g/mol. The van der Waals surface area contributed by atoms with Gasteiger partial charge in [-0.3, -0.25) is 0 Å². The number of rotatable bonds is 3. The van der Waals surface area contributed by atoms with E-state index in [0.29, 0.717) is 18.3 Å². The van der Waals surface area contributed by atoms with Crippen molar-refractivity contribution < 1.29 is 9.13 Å². The second-order valence-corrected chi connectivity index (χ2v) is 5.65. The van der Waals surface area contributed by atoms with Crippen LogP contribution >= 0.6 is 0 Å². The molecule has 0 atom stereocenters. The summed E-state index contributed by atoms with van der Waals surface area (Å²) in [6, 6.07) is 5.28. The highest BCUT2D eigenvalue weighted by Crippen LogP contribution is 2.31. The van der Waals surface area contributed by atoms with E-state index in [0.717, 1.165) is 5.56 Å². The standard InChI is InChI=1S/C14H19FO.CH4/c1-14(2,3)11-6-7-13(12(15)8-11)16-9-10-4-5-10;/h6-8,10H,4-5,9H2,1-3H3;1H4. The third-order valence-electron chi connectivity index (χ3n) is 2.97. The second-order valence-electron chi connectivity index (χ2n) is 5.65. The zero-order valence-corrected chi connectivity index (χ0v) is 10.2. The summed E-state index contributed by atoms with van der Waals surface area (Å²) >= 11 is 0. The Labute approximate surface area is 104 Å². The van der Waals surface area contributed by atoms with E-state index in [4.69, 9.17) is 4.74 Å². The molecule has 0 amide bonds. The lowest BCUT2D eigenvalue weighted by Gasteiger charge is -2.19. The van der Waals surface area contributed by atoms with Crippen molar-refractivity contribution >= 4 is 0 Å². The Balaban J connectivity index is 0.00000144. The highest BCUT2D eigenvalue weighted by atomic mass is 19.1. The van der Waals surface area contributed by atoms with Crippen LogP contribution in [0.3, 0.4) is 0 Å². The van der Waals surface area contributed by atoms with Crippen molar-refractivity contribution in [3.8, 4) is 5.75 Å². The maximum absolute atomic E-state index is 13.7. The summed E-state index contributed by atoms with van der Waals surface area (Å²) in [7, 11) is 0. The fraction of sp³-hybridized carbons (Fsp3) is 0.600. The van der Waals surface area contributed by atoms with E-state index in [2.05, 4.69) is 20.8 Å². The van der Waals surface area contributed by atoms with Crippen LogP contribution in [-0.2, 0) is 5.41 Å². The number of halogens is 1. The van der Waals surface area contributed by atoms with Crippen LogP contribution in [0.1, 0.15) is 46.6 Å². The van der Waals surface area contributed by atoms with E-state index in [-0.39, 0.29) is 18.7 Å². The van der Waals surface area contributed by atoms with E-state index in [9.17, 15) is 4.39 Å². The van der Waals surface area contributed by atoms with Crippen molar-refractivity contribution in [1.82, 2.24) is 0 Å². The normalized spacial score (nSPS) is 15.3. The maximum Gasteiger partial charge on any atom is 0.165 e. The Morgan fingerprint density at radius 2 is 1.94 bits per heavy atom. The predicted molar refractivity (Wildman–Crippen MR) is 70.1 cm³/mol. The quantitative estimate of drug-likeness (QED) is 0.750. The SMILES string of the molecule is C.CC(C)(C)c1ccc(OCC2CC2)c(F)c1. The monoisotopic (exact) mass is 238 g/mol. The molecule has 17 heavy (non-hydrogen) atoms. The first kappa shape index (κ1) is 14.0. The first-order valence-corrected chi connectivity index (χ1v) is 5.89. The number of hydrogen-bond acceptors (Lipinski definition) is 1. The number of benzene rings is 1. The smallest absolute Gasteiger partial charge is 0.165 e. The molecule has 1 aromatic rings. The Hall–Kier alpha value is -1.05. The molecule has 0 saturated heterocycles. The van der Waals surface area contributed by atoms with Crippen molar-refractivity contribution in [2.75, 3.05) is 6.61 Å². The van der Waals surface area contributed by atoms with Crippen molar-refractivity contribution in [3.63, 3.8) is 0 Å². The molecular weight excluding hydrogens is 215 g/mol. The molecule has 0 radical (unpaired) electrons. The summed E-state index contributed by atoms with van der Waals surface area (Å²) in [6.07, 6.45) is 2.45. The van der Waals surface area contributed by atoms with Gasteiger partial charge in [0.2, 0.25) is 0 Å². The van der Waals surface area contributed by atoms with Crippen LogP contribution in [-0.4, -0.2) is 6.61 Å². The van der Waals surface area contributed by atoms with Crippen LogP contribution in [0.15, 0.2) is 18.2 Å². The zero-order chi connectivity index (χ0) is 11.8. The molecular formula is C15H23FO. The van der Waals surface area contributed by atoms with Gasteiger partial charge >= 0.3 is 0 Å².